The van der Waals surface area contributed by atoms with Gasteiger partial charge in [0.05, 0.1) is 17.7 Å². The van der Waals surface area contributed by atoms with Crippen molar-refractivity contribution in [3.8, 4) is 6.07 Å². The van der Waals surface area contributed by atoms with Crippen molar-refractivity contribution in [2.24, 2.45) is 5.92 Å². The van der Waals surface area contributed by atoms with Crippen molar-refractivity contribution in [1.29, 1.82) is 5.26 Å². The van der Waals surface area contributed by atoms with Crippen LogP contribution < -0.4 is 5.32 Å². The van der Waals surface area contributed by atoms with Gasteiger partial charge in [-0.2, -0.15) is 5.26 Å². The van der Waals surface area contributed by atoms with Gasteiger partial charge in [0.25, 0.3) is 0 Å². The third-order valence-corrected chi connectivity index (χ3v) is 6.91. The molecule has 4 heterocycles. The van der Waals surface area contributed by atoms with Gasteiger partial charge in [0, 0.05) is 19.1 Å². The van der Waals surface area contributed by atoms with Gasteiger partial charge in [-0.3, -0.25) is 0 Å². The van der Waals surface area contributed by atoms with Gasteiger partial charge in [-0.1, -0.05) is 18.2 Å². The normalized spacial score (nSPS) is 27.3. The molecule has 3 saturated heterocycles. The molecule has 2 aromatic rings. The number of piperidine rings is 3. The molecule has 2 atom stereocenters. The molecule has 0 aromatic heterocycles. The zero-order valence-corrected chi connectivity index (χ0v) is 16.9. The van der Waals surface area contributed by atoms with E-state index in [9.17, 15) is 14.4 Å². The van der Waals surface area contributed by atoms with Crippen LogP contribution in [0.15, 0.2) is 42.5 Å². The zero-order chi connectivity index (χ0) is 20.7. The Kier molecular flexibility index (Phi) is 4.92. The number of nitrogens with zero attached hydrogens (tertiary/aromatic N) is 3. The van der Waals surface area contributed by atoms with E-state index >= 15 is 0 Å². The maximum absolute atomic E-state index is 13.6. The number of fused-ring (bicyclic) bond motifs is 4. The highest BCUT2D eigenvalue weighted by molar-refractivity contribution is 5.76. The molecule has 30 heavy (non-hydrogen) atoms. The summed E-state index contributed by atoms with van der Waals surface area (Å²) >= 11 is 0. The van der Waals surface area contributed by atoms with Gasteiger partial charge in [-0.15, -0.1) is 0 Å². The smallest absolute Gasteiger partial charge is 0.318 e. The maximum Gasteiger partial charge on any atom is 0.318 e. The number of urea groups is 1. The van der Waals surface area contributed by atoms with Crippen LogP contribution in [0.25, 0.3) is 0 Å². The molecule has 2 bridgehead atoms. The lowest BCUT2D eigenvalue weighted by molar-refractivity contribution is 0.0715. The second-order valence-corrected chi connectivity index (χ2v) is 8.62. The van der Waals surface area contributed by atoms with Crippen molar-refractivity contribution < 1.29 is 9.18 Å². The Labute approximate surface area is 176 Å². The van der Waals surface area contributed by atoms with Gasteiger partial charge in [-0.25, -0.2) is 9.18 Å². The van der Waals surface area contributed by atoms with E-state index in [0.717, 1.165) is 49.2 Å². The van der Waals surface area contributed by atoms with Gasteiger partial charge < -0.3 is 15.1 Å². The zero-order valence-electron chi connectivity index (χ0n) is 16.9. The molecular weight excluding hydrogens is 379 g/mol. The summed E-state index contributed by atoms with van der Waals surface area (Å²) in [6, 6.07) is 14.1. The quantitative estimate of drug-likeness (QED) is 0.834. The molecule has 0 aliphatic carbocycles. The molecule has 0 spiro atoms. The van der Waals surface area contributed by atoms with Gasteiger partial charge in [0.15, 0.2) is 0 Å². The summed E-state index contributed by atoms with van der Waals surface area (Å²) in [6.07, 6.45) is 2.99. The molecule has 0 radical (unpaired) electrons. The summed E-state index contributed by atoms with van der Waals surface area (Å²) in [7, 11) is 0. The number of nitriles is 1. The maximum atomic E-state index is 13.6. The molecule has 4 aliphatic rings. The number of carbonyl (C=O) groups is 1. The van der Waals surface area contributed by atoms with Crippen LogP contribution in [0.5, 0.6) is 0 Å². The highest BCUT2D eigenvalue weighted by Crippen LogP contribution is 2.36. The van der Waals surface area contributed by atoms with Crippen molar-refractivity contribution >= 4 is 6.03 Å². The first kappa shape index (κ1) is 19.1. The Morgan fingerprint density at radius 2 is 1.87 bits per heavy atom. The number of carbonyl (C=O) groups excluding carboxylic acids is 1. The summed E-state index contributed by atoms with van der Waals surface area (Å²) in [5, 5.41) is 12.6. The number of nitrogens with one attached hydrogen (secondary N) is 1. The summed E-state index contributed by atoms with van der Waals surface area (Å²) in [4.78, 5) is 17.7. The fraction of sp³-hybridized carbons (Fsp3) is 0.417. The Bertz CT molecular complexity index is 991. The second-order valence-electron chi connectivity index (χ2n) is 8.62. The monoisotopic (exact) mass is 404 g/mol. The lowest BCUT2D eigenvalue weighted by Gasteiger charge is -2.46. The predicted molar refractivity (Wildman–Crippen MR) is 111 cm³/mol. The SMILES string of the molecule is N#Cc1ccc2c(c1)CCN(C(=O)N[C@H]1CN3CCC1CC3)[C@@H]2c1ccc(F)cc1. The fourth-order valence-corrected chi connectivity index (χ4v) is 5.29. The molecule has 2 amide bonds. The number of hydrogen-bond donors (Lipinski definition) is 1. The van der Waals surface area contributed by atoms with E-state index in [1.807, 2.05) is 17.0 Å². The molecule has 5 nitrogen and oxygen atoms in total. The van der Waals surface area contributed by atoms with Crippen LogP contribution in [0.3, 0.4) is 0 Å². The van der Waals surface area contributed by atoms with E-state index < -0.39 is 0 Å². The van der Waals surface area contributed by atoms with Gasteiger partial charge in [-0.05, 0) is 79.2 Å². The third kappa shape index (κ3) is 3.44. The molecule has 6 heteroatoms. The van der Waals surface area contributed by atoms with Crippen LogP contribution in [0.4, 0.5) is 9.18 Å². The molecule has 3 fully saturated rings. The van der Waals surface area contributed by atoms with E-state index in [0.29, 0.717) is 24.4 Å². The van der Waals surface area contributed by atoms with Crippen molar-refractivity contribution in [1.82, 2.24) is 15.1 Å². The van der Waals surface area contributed by atoms with Crippen molar-refractivity contribution in [2.75, 3.05) is 26.2 Å². The number of benzene rings is 2. The van der Waals surface area contributed by atoms with Crippen molar-refractivity contribution in [2.45, 2.75) is 31.3 Å². The first-order valence-corrected chi connectivity index (χ1v) is 10.7. The first-order valence-electron chi connectivity index (χ1n) is 10.7. The van der Waals surface area contributed by atoms with E-state index in [1.54, 1.807) is 18.2 Å². The van der Waals surface area contributed by atoms with Crippen molar-refractivity contribution in [3.63, 3.8) is 0 Å². The molecule has 4 aliphatic heterocycles. The van der Waals surface area contributed by atoms with Crippen LogP contribution in [0.1, 0.15) is 41.1 Å². The molecule has 154 valence electrons. The predicted octanol–water partition coefficient (Wildman–Crippen LogP) is 3.45. The molecular formula is C24H25FN4O. The molecule has 0 saturated carbocycles. The average molecular weight is 404 g/mol. The second kappa shape index (κ2) is 7.73. The van der Waals surface area contributed by atoms with E-state index in [2.05, 4.69) is 16.3 Å². The Morgan fingerprint density at radius 3 is 2.53 bits per heavy atom. The van der Waals surface area contributed by atoms with E-state index in [-0.39, 0.29) is 23.9 Å². The molecule has 6 rings (SSSR count). The topological polar surface area (TPSA) is 59.4 Å². The number of amides is 2. The van der Waals surface area contributed by atoms with Crippen molar-refractivity contribution in [3.05, 3.63) is 70.5 Å². The number of rotatable bonds is 2. The lowest BCUT2D eigenvalue weighted by Crippen LogP contribution is -2.59. The van der Waals surface area contributed by atoms with Crippen LogP contribution in [-0.4, -0.2) is 48.1 Å². The number of hydrogen-bond acceptors (Lipinski definition) is 3. The fourth-order valence-electron chi connectivity index (χ4n) is 5.29. The minimum Gasteiger partial charge on any atom is -0.334 e. The molecule has 1 N–H and O–H groups in total. The highest BCUT2D eigenvalue weighted by atomic mass is 19.1. The standard InChI is InChI=1S/C24H25FN4O/c25-20-4-2-18(3-5-20)23-21-6-1-16(14-26)13-19(21)9-12-29(23)24(30)27-22-15-28-10-7-17(22)8-11-28/h1-6,13,17,22-23H,7-12,15H2,(H,27,30)/t22-,23+/m0/s1. The Morgan fingerprint density at radius 1 is 1.10 bits per heavy atom. The van der Waals surface area contributed by atoms with Crippen LogP contribution in [0.2, 0.25) is 0 Å². The lowest BCUT2D eigenvalue weighted by atomic mass is 9.84. The van der Waals surface area contributed by atoms with E-state index in [1.165, 1.54) is 12.1 Å². The highest BCUT2D eigenvalue weighted by Gasteiger charge is 2.38. The third-order valence-electron chi connectivity index (χ3n) is 6.91. The van der Waals surface area contributed by atoms with Crippen LogP contribution >= 0.6 is 0 Å². The molecule has 0 unspecified atom stereocenters. The first-order chi connectivity index (χ1) is 14.6. The molecule has 2 aromatic carbocycles. The largest absolute Gasteiger partial charge is 0.334 e. The summed E-state index contributed by atoms with van der Waals surface area (Å²) < 4.78 is 13.6. The van der Waals surface area contributed by atoms with Crippen LogP contribution in [-0.2, 0) is 6.42 Å². The summed E-state index contributed by atoms with van der Waals surface area (Å²) in [5.41, 5.74) is 3.59. The van der Waals surface area contributed by atoms with E-state index in [4.69, 9.17) is 0 Å². The van der Waals surface area contributed by atoms with Crippen LogP contribution in [0, 0.1) is 23.1 Å². The summed E-state index contributed by atoms with van der Waals surface area (Å²) in [6.45, 7) is 3.76. The minimum absolute atomic E-state index is 0.0573. The van der Waals surface area contributed by atoms with Gasteiger partial charge in [0.1, 0.15) is 5.82 Å². The van der Waals surface area contributed by atoms with Gasteiger partial charge in [0.2, 0.25) is 0 Å². The minimum atomic E-state index is -0.294. The van der Waals surface area contributed by atoms with Gasteiger partial charge >= 0.3 is 6.03 Å². The summed E-state index contributed by atoms with van der Waals surface area (Å²) in [5.74, 6) is 0.261. The average Bonchev–Trinajstić information content (AvgIpc) is 2.79. The number of halogens is 1. The Hall–Kier alpha value is -2.91. The Balaban J connectivity index is 1.46.